The molecule has 2 aliphatic rings. The van der Waals surface area contributed by atoms with Crippen molar-refractivity contribution in [2.45, 2.75) is 63.5 Å². The maximum absolute atomic E-state index is 12.6. The predicted molar refractivity (Wildman–Crippen MR) is 102 cm³/mol. The average Bonchev–Trinajstić information content (AvgIpc) is 2.69. The zero-order valence-corrected chi connectivity index (χ0v) is 15.5. The molecule has 1 aliphatic heterocycles. The molecule has 0 radical (unpaired) electrons. The van der Waals surface area contributed by atoms with Crippen LogP contribution in [0.4, 0.5) is 0 Å². The highest BCUT2D eigenvalue weighted by molar-refractivity contribution is 5.87. The van der Waals surface area contributed by atoms with Gasteiger partial charge in [0.05, 0.1) is 0 Å². The van der Waals surface area contributed by atoms with Crippen molar-refractivity contribution in [1.29, 1.82) is 0 Å². The van der Waals surface area contributed by atoms with Gasteiger partial charge in [-0.1, -0.05) is 49.6 Å². The van der Waals surface area contributed by atoms with Crippen LogP contribution in [0.5, 0.6) is 0 Å². The second-order valence-corrected chi connectivity index (χ2v) is 7.76. The Hall–Kier alpha value is -1.88. The minimum atomic E-state index is -0.638. The van der Waals surface area contributed by atoms with E-state index in [-0.39, 0.29) is 11.8 Å². The minimum Gasteiger partial charge on any atom is -0.368 e. The Morgan fingerprint density at radius 2 is 1.69 bits per heavy atom. The number of piperidine rings is 1. The van der Waals surface area contributed by atoms with Gasteiger partial charge in [-0.05, 0) is 44.3 Å². The van der Waals surface area contributed by atoms with Gasteiger partial charge < -0.3 is 16.0 Å². The molecular formula is C21H31N3O2. The number of likely N-dealkylation sites (tertiary alicyclic amines) is 1. The van der Waals surface area contributed by atoms with Crippen LogP contribution in [-0.4, -0.2) is 41.9 Å². The number of amides is 2. The number of nitrogens with two attached hydrogens (primary N) is 1. The number of benzene rings is 1. The second kappa shape index (κ2) is 9.17. The molecule has 1 aromatic carbocycles. The van der Waals surface area contributed by atoms with Crippen LogP contribution in [0.15, 0.2) is 30.3 Å². The third-order valence-electron chi connectivity index (χ3n) is 5.93. The molecule has 5 heteroatoms. The average molecular weight is 357 g/mol. The lowest BCUT2D eigenvalue weighted by Gasteiger charge is -2.39. The summed E-state index contributed by atoms with van der Waals surface area (Å²) in [7, 11) is 0. The highest BCUT2D eigenvalue weighted by Crippen LogP contribution is 2.27. The van der Waals surface area contributed by atoms with E-state index < -0.39 is 11.9 Å². The van der Waals surface area contributed by atoms with Crippen LogP contribution >= 0.6 is 0 Å². The van der Waals surface area contributed by atoms with Crippen LogP contribution < -0.4 is 11.1 Å². The number of primary amides is 1. The maximum Gasteiger partial charge on any atom is 0.240 e. The Morgan fingerprint density at radius 1 is 1.04 bits per heavy atom. The summed E-state index contributed by atoms with van der Waals surface area (Å²) in [6.07, 6.45) is 8.84. The normalized spacial score (nSPS) is 21.2. The highest BCUT2D eigenvalue weighted by atomic mass is 16.2. The van der Waals surface area contributed by atoms with Crippen LogP contribution in [0.1, 0.15) is 50.5 Å². The SMILES string of the molecule is NC(=O)C(Cc1ccccc1)NC(=O)C1CCN(C2CCCCC2)CC1. The highest BCUT2D eigenvalue weighted by Gasteiger charge is 2.31. The molecular weight excluding hydrogens is 326 g/mol. The monoisotopic (exact) mass is 357 g/mol. The quantitative estimate of drug-likeness (QED) is 0.820. The molecule has 142 valence electrons. The fourth-order valence-electron chi connectivity index (χ4n) is 4.34. The van der Waals surface area contributed by atoms with Crippen LogP contribution in [0.3, 0.4) is 0 Å². The first-order chi connectivity index (χ1) is 12.6. The first-order valence-electron chi connectivity index (χ1n) is 10.0. The van der Waals surface area contributed by atoms with Crippen molar-refractivity contribution < 1.29 is 9.59 Å². The standard InChI is InChI=1S/C21H31N3O2/c22-20(25)19(15-16-7-3-1-4-8-16)23-21(26)17-11-13-24(14-12-17)18-9-5-2-6-10-18/h1,3-4,7-8,17-19H,2,5-6,9-15H2,(H2,22,25)(H,23,26). The molecule has 1 atom stereocenters. The zero-order chi connectivity index (χ0) is 18.4. The van der Waals surface area contributed by atoms with Gasteiger partial charge in [0.2, 0.25) is 11.8 Å². The first-order valence-corrected chi connectivity index (χ1v) is 10.0. The van der Waals surface area contributed by atoms with Crippen molar-refractivity contribution >= 4 is 11.8 Å². The summed E-state index contributed by atoms with van der Waals surface area (Å²) in [5, 5.41) is 2.90. The Kier molecular flexibility index (Phi) is 6.67. The van der Waals surface area contributed by atoms with E-state index in [1.807, 2.05) is 30.3 Å². The molecule has 1 saturated carbocycles. The zero-order valence-electron chi connectivity index (χ0n) is 15.5. The van der Waals surface area contributed by atoms with E-state index >= 15 is 0 Å². The molecule has 0 aromatic heterocycles. The Labute approximate surface area is 156 Å². The number of nitrogens with zero attached hydrogens (tertiary/aromatic N) is 1. The molecule has 1 aromatic rings. The van der Waals surface area contributed by atoms with Gasteiger partial charge in [-0.25, -0.2) is 0 Å². The number of carbonyl (C=O) groups excluding carboxylic acids is 2. The summed E-state index contributed by atoms with van der Waals surface area (Å²) in [5.41, 5.74) is 6.52. The third-order valence-corrected chi connectivity index (χ3v) is 5.93. The summed E-state index contributed by atoms with van der Waals surface area (Å²) in [6, 6.07) is 9.76. The molecule has 5 nitrogen and oxygen atoms in total. The molecule has 1 saturated heterocycles. The molecule has 1 unspecified atom stereocenters. The number of rotatable bonds is 6. The number of nitrogens with one attached hydrogen (secondary N) is 1. The molecule has 1 aliphatic carbocycles. The predicted octanol–water partition coefficient (Wildman–Crippen LogP) is 2.24. The van der Waals surface area contributed by atoms with Crippen molar-refractivity contribution in [3.63, 3.8) is 0 Å². The topological polar surface area (TPSA) is 75.4 Å². The lowest BCUT2D eigenvalue weighted by molar-refractivity contribution is -0.131. The lowest BCUT2D eigenvalue weighted by atomic mass is 9.89. The Bertz CT molecular complexity index is 591. The summed E-state index contributed by atoms with van der Waals surface area (Å²) in [6.45, 7) is 1.98. The van der Waals surface area contributed by atoms with Gasteiger partial charge in [-0.3, -0.25) is 9.59 Å². The van der Waals surface area contributed by atoms with E-state index in [0.29, 0.717) is 12.5 Å². The summed E-state index contributed by atoms with van der Waals surface area (Å²) in [5.74, 6) is -0.498. The van der Waals surface area contributed by atoms with Crippen LogP contribution in [0.2, 0.25) is 0 Å². The van der Waals surface area contributed by atoms with Gasteiger partial charge in [-0.15, -0.1) is 0 Å². The summed E-state index contributed by atoms with van der Waals surface area (Å²) >= 11 is 0. The summed E-state index contributed by atoms with van der Waals surface area (Å²) in [4.78, 5) is 27.0. The van der Waals surface area contributed by atoms with Gasteiger partial charge in [0.25, 0.3) is 0 Å². The van der Waals surface area contributed by atoms with E-state index in [9.17, 15) is 9.59 Å². The maximum atomic E-state index is 12.6. The van der Waals surface area contributed by atoms with Crippen LogP contribution in [-0.2, 0) is 16.0 Å². The Morgan fingerprint density at radius 3 is 2.31 bits per heavy atom. The van der Waals surface area contributed by atoms with Crippen molar-refractivity contribution in [2.75, 3.05) is 13.1 Å². The lowest BCUT2D eigenvalue weighted by Crippen LogP contribution is -2.50. The molecule has 2 fully saturated rings. The van der Waals surface area contributed by atoms with Crippen molar-refractivity contribution in [3.05, 3.63) is 35.9 Å². The smallest absolute Gasteiger partial charge is 0.240 e. The molecule has 1 heterocycles. The second-order valence-electron chi connectivity index (χ2n) is 7.76. The number of carbonyl (C=O) groups is 2. The van der Waals surface area contributed by atoms with Gasteiger partial charge in [0.1, 0.15) is 6.04 Å². The number of hydrogen-bond acceptors (Lipinski definition) is 3. The van der Waals surface area contributed by atoms with Crippen LogP contribution in [0, 0.1) is 5.92 Å². The molecule has 0 spiro atoms. The van der Waals surface area contributed by atoms with E-state index in [4.69, 9.17) is 5.73 Å². The molecule has 0 bridgehead atoms. The number of hydrogen-bond donors (Lipinski definition) is 2. The van der Waals surface area contributed by atoms with E-state index in [1.165, 1.54) is 32.1 Å². The van der Waals surface area contributed by atoms with Gasteiger partial charge in [-0.2, -0.15) is 0 Å². The van der Waals surface area contributed by atoms with Crippen molar-refractivity contribution in [3.8, 4) is 0 Å². The van der Waals surface area contributed by atoms with Crippen molar-refractivity contribution in [1.82, 2.24) is 10.2 Å². The van der Waals surface area contributed by atoms with Gasteiger partial charge in [0.15, 0.2) is 0 Å². The van der Waals surface area contributed by atoms with Gasteiger partial charge in [0, 0.05) is 18.4 Å². The first kappa shape index (κ1) is 18.9. The minimum absolute atomic E-state index is 0.00698. The molecule has 26 heavy (non-hydrogen) atoms. The molecule has 3 N–H and O–H groups in total. The van der Waals surface area contributed by atoms with Crippen molar-refractivity contribution in [2.24, 2.45) is 11.7 Å². The fraction of sp³-hybridized carbons (Fsp3) is 0.619. The third kappa shape index (κ3) is 5.07. The molecule has 2 amide bonds. The molecule has 3 rings (SSSR count). The van der Waals surface area contributed by atoms with E-state index in [1.54, 1.807) is 0 Å². The van der Waals surface area contributed by atoms with E-state index in [2.05, 4.69) is 10.2 Å². The fourth-order valence-corrected chi connectivity index (χ4v) is 4.34. The summed E-state index contributed by atoms with van der Waals surface area (Å²) < 4.78 is 0. The van der Waals surface area contributed by atoms with Crippen LogP contribution in [0.25, 0.3) is 0 Å². The van der Waals surface area contributed by atoms with Gasteiger partial charge >= 0.3 is 0 Å². The van der Waals surface area contributed by atoms with E-state index in [0.717, 1.165) is 31.5 Å². The largest absolute Gasteiger partial charge is 0.368 e. The Balaban J connectivity index is 1.49.